The number of aromatic nitrogens is 2. The Hall–Kier alpha value is -7.48. The molecule has 0 bridgehead atoms. The van der Waals surface area contributed by atoms with Gasteiger partial charge in [-0.3, -0.25) is 24.8 Å². The first kappa shape index (κ1) is 66.6. The third kappa shape index (κ3) is 22.2. The van der Waals surface area contributed by atoms with Gasteiger partial charge in [-0.05, 0) is 61.9 Å². The van der Waals surface area contributed by atoms with Crippen molar-refractivity contribution in [2.45, 2.75) is 43.7 Å². The molecule has 5 aromatic rings. The Morgan fingerprint density at radius 2 is 1.42 bits per heavy atom. The molecule has 0 saturated heterocycles. The van der Waals surface area contributed by atoms with Crippen LogP contribution in [0.1, 0.15) is 39.6 Å². The molecule has 2 amide bonds. The lowest BCUT2D eigenvalue weighted by Gasteiger charge is -2.12. The summed E-state index contributed by atoms with van der Waals surface area (Å²) in [6, 6.07) is 11.5. The zero-order valence-electron chi connectivity index (χ0n) is 39.4. The van der Waals surface area contributed by atoms with Crippen molar-refractivity contribution in [1.82, 2.24) is 14.7 Å². The molecule has 4 aromatic carbocycles. The van der Waals surface area contributed by atoms with Gasteiger partial charge >= 0.3 is 49.0 Å². The Morgan fingerprint density at radius 1 is 0.846 bits per heavy atom. The van der Waals surface area contributed by atoms with E-state index < -0.39 is 105 Å². The molecule has 2 atom stereocenters. The smallest absolute Gasteiger partial charge is 0.416 e. The van der Waals surface area contributed by atoms with E-state index in [1.165, 1.54) is 61.0 Å². The highest BCUT2D eigenvalue weighted by atomic mass is 35.5. The van der Waals surface area contributed by atoms with Crippen LogP contribution in [0.4, 0.5) is 47.2 Å². The number of aromatic carboxylic acids is 2. The number of nitrogens with two attached hydrogens (primary N) is 1. The number of carbonyl (C=O) groups is 4. The number of urea groups is 1. The number of nitro groups is 1. The number of carboxylic acids is 3. The number of carbonyl (C=O) groups excluding carboxylic acids is 1. The number of nitrogens with zero attached hydrogens (tertiary/aromatic N) is 3. The van der Waals surface area contributed by atoms with Crippen LogP contribution in [0.2, 0.25) is 15.1 Å². The number of aliphatic carboxylic acids is 1. The van der Waals surface area contributed by atoms with Gasteiger partial charge in [0.2, 0.25) is 23.5 Å². The molecule has 78 heavy (non-hydrogen) atoms. The number of benzene rings is 4. The summed E-state index contributed by atoms with van der Waals surface area (Å²) in [5.74, 6) is -6.55. The molecule has 0 radical (unpaired) electrons. The van der Waals surface area contributed by atoms with E-state index in [9.17, 15) is 73.0 Å². The van der Waals surface area contributed by atoms with Gasteiger partial charge in [0.05, 0.1) is 50.9 Å². The number of halogens is 10. The first-order chi connectivity index (χ1) is 36.1. The highest BCUT2D eigenvalue weighted by Crippen LogP contribution is 2.39. The Morgan fingerprint density at radius 3 is 1.88 bits per heavy atom. The molecule has 0 saturated carbocycles. The summed E-state index contributed by atoms with van der Waals surface area (Å²) in [6.07, 6.45) is -4.52. The highest BCUT2D eigenvalue weighted by Gasteiger charge is 2.31. The van der Waals surface area contributed by atoms with Crippen molar-refractivity contribution in [2.24, 2.45) is 5.73 Å². The number of rotatable bonds is 19. The van der Waals surface area contributed by atoms with Gasteiger partial charge in [0.25, 0.3) is 10.0 Å². The minimum Gasteiger partial charge on any atom is -0.494 e. The molecule has 0 spiro atoms. The summed E-state index contributed by atoms with van der Waals surface area (Å²) in [6.45, 7) is -3.78. The van der Waals surface area contributed by atoms with E-state index in [0.29, 0.717) is 6.07 Å². The predicted octanol–water partition coefficient (Wildman–Crippen LogP) is 9.73. The zero-order valence-corrected chi connectivity index (χ0v) is 43.4. The number of methoxy groups -OCH3 is 1. The third-order valence-electron chi connectivity index (χ3n) is 8.52. The molecule has 1 heterocycles. The first-order valence-corrected chi connectivity index (χ1v) is 25.4. The Bertz CT molecular complexity index is 3090. The van der Waals surface area contributed by atoms with Crippen molar-refractivity contribution in [3.63, 3.8) is 0 Å². The van der Waals surface area contributed by atoms with E-state index in [0.717, 1.165) is 30.3 Å². The monoisotopic (exact) mass is 1220 g/mol. The van der Waals surface area contributed by atoms with E-state index in [2.05, 4.69) is 19.4 Å². The van der Waals surface area contributed by atoms with Crippen molar-refractivity contribution in [3.05, 3.63) is 121 Å². The number of hydrogen-bond acceptors (Lipinski definition) is 17. The standard InChI is InChI=1S/C15H11ClF3NO4.C14H10F4N4O7S.C8H6Cl2O3.C5H12NO4P/c1-2-23-14-8-10(4-5-12(14)20(21)22)24-13-6-3-9(7-11(13)16)15(17,18)19;15-11(16)28-8-5-9(29-12(17)18)20-13(19-8)21-14(25)22-30(26,27)7-4-2-1-3-6(7)10(23)24;1-13-7-5(10)3-2-4(9)6(7)8(11)12;1-11(9,10)3-2-4(6)5(7)8/h3-8H,2H2,1H3;1-5,11-12H,(H,23,24)(H2,19,20,21,22,25);2-3H,1H3,(H,11,12);4H,2-3,6H2,1H3,(H,7,8)(H,9,10). The van der Waals surface area contributed by atoms with Crippen molar-refractivity contribution in [2.75, 3.05) is 31.9 Å². The SMILES string of the molecule is CCOc1cc(Oc2ccc(C(F)(F)F)cc2Cl)ccc1[N+](=O)[O-].COc1c(Cl)ccc(Cl)c1C(=O)O.CP(=O)(O)CCC(N)C(=O)O.O=C(Nc1nc(OC(F)F)cc(OC(F)F)n1)NS(=O)(=O)c1ccccc1C(=O)O. The van der Waals surface area contributed by atoms with E-state index in [1.807, 2.05) is 0 Å². The normalized spacial score (nSPS) is 12.1. The lowest BCUT2D eigenvalue weighted by atomic mass is 10.2. The van der Waals surface area contributed by atoms with Crippen LogP contribution in [0.3, 0.4) is 0 Å². The van der Waals surface area contributed by atoms with Crippen LogP contribution in [0, 0.1) is 10.1 Å². The molecule has 426 valence electrons. The number of carboxylic acid groups (broad SMARTS) is 3. The number of nitrogens with one attached hydrogen (secondary N) is 2. The number of hydrogen-bond donors (Lipinski definition) is 7. The molecule has 0 fully saturated rings. The molecule has 2 unspecified atom stereocenters. The molecule has 8 N–H and O–H groups in total. The second kappa shape index (κ2) is 29.9. The number of sulfonamides is 1. The lowest BCUT2D eigenvalue weighted by Crippen LogP contribution is -2.35. The number of ether oxygens (including phenoxy) is 5. The summed E-state index contributed by atoms with van der Waals surface area (Å²) in [7, 11) is -6.48. The van der Waals surface area contributed by atoms with Crippen LogP contribution >= 0.6 is 42.2 Å². The van der Waals surface area contributed by atoms with Gasteiger partial charge in [0.1, 0.15) is 28.0 Å². The third-order valence-corrected chi connectivity index (χ3v) is 11.9. The van der Waals surface area contributed by atoms with Crippen molar-refractivity contribution >= 4 is 87.8 Å². The van der Waals surface area contributed by atoms with Crippen LogP contribution in [0.15, 0.2) is 83.8 Å². The minimum atomic E-state index is -4.71. The highest BCUT2D eigenvalue weighted by molar-refractivity contribution is 7.90. The fourth-order valence-corrected chi connectivity index (χ4v) is 7.79. The maximum Gasteiger partial charge on any atom is 0.416 e. The topological polar surface area (TPSA) is 366 Å². The Kier molecular flexibility index (Phi) is 25.5. The average Bonchev–Trinajstić information content (AvgIpc) is 3.31. The van der Waals surface area contributed by atoms with Crippen LogP contribution in [0.25, 0.3) is 0 Å². The van der Waals surface area contributed by atoms with Gasteiger partial charge < -0.3 is 49.6 Å². The average molecular weight is 1220 g/mol. The van der Waals surface area contributed by atoms with E-state index in [4.69, 9.17) is 75.0 Å². The van der Waals surface area contributed by atoms with Gasteiger partial charge in [-0.15, -0.1) is 0 Å². The number of amides is 2. The number of alkyl halides is 7. The maximum atomic E-state index is 12.6. The van der Waals surface area contributed by atoms with Crippen LogP contribution in [-0.2, 0) is 25.6 Å². The molecule has 0 aliphatic rings. The van der Waals surface area contributed by atoms with Gasteiger partial charge in [-0.25, -0.2) is 27.5 Å². The lowest BCUT2D eigenvalue weighted by molar-refractivity contribution is -0.385. The summed E-state index contributed by atoms with van der Waals surface area (Å²) in [5, 5.41) is 38.8. The summed E-state index contributed by atoms with van der Waals surface area (Å²) in [5.41, 5.74) is 3.18. The first-order valence-electron chi connectivity index (χ1n) is 20.5. The molecular weight excluding hydrogens is 1180 g/mol. The molecule has 24 nitrogen and oxygen atoms in total. The van der Waals surface area contributed by atoms with Crippen LogP contribution in [-0.4, -0.2) is 113 Å². The molecular formula is C42H39Cl3F7N6O18PS. The summed E-state index contributed by atoms with van der Waals surface area (Å²) < 4.78 is 147. The fraction of sp³-hybridized carbons (Fsp3) is 0.238. The van der Waals surface area contributed by atoms with Crippen LogP contribution in [0.5, 0.6) is 34.8 Å². The molecule has 1 aromatic heterocycles. The molecule has 5 rings (SSSR count). The summed E-state index contributed by atoms with van der Waals surface area (Å²) >= 11 is 17.2. The maximum absolute atomic E-state index is 12.6. The Labute approximate surface area is 449 Å². The van der Waals surface area contributed by atoms with Gasteiger partial charge in [0.15, 0.2) is 13.1 Å². The van der Waals surface area contributed by atoms with E-state index in [1.54, 1.807) is 12.2 Å². The zero-order chi connectivity index (χ0) is 59.5. The van der Waals surface area contributed by atoms with Gasteiger partial charge in [-0.2, -0.15) is 40.7 Å². The largest absolute Gasteiger partial charge is 0.494 e. The van der Waals surface area contributed by atoms with E-state index in [-0.39, 0.29) is 68.5 Å². The number of nitro benzene ring substituents is 1. The van der Waals surface area contributed by atoms with Gasteiger partial charge in [-0.1, -0.05) is 46.9 Å². The van der Waals surface area contributed by atoms with Crippen molar-refractivity contribution < 1.29 is 112 Å². The van der Waals surface area contributed by atoms with Gasteiger partial charge in [0, 0.05) is 25.0 Å². The second-order valence-corrected chi connectivity index (χ2v) is 19.7. The quantitative estimate of drug-likeness (QED) is 0.0175. The molecule has 36 heteroatoms. The molecule has 0 aliphatic heterocycles. The number of anilines is 1. The summed E-state index contributed by atoms with van der Waals surface area (Å²) in [4.78, 5) is 68.8. The minimum absolute atomic E-state index is 0.0111. The van der Waals surface area contributed by atoms with Crippen molar-refractivity contribution in [1.29, 1.82) is 0 Å². The van der Waals surface area contributed by atoms with Crippen LogP contribution < -0.4 is 39.5 Å². The predicted molar refractivity (Wildman–Crippen MR) is 260 cm³/mol. The van der Waals surface area contributed by atoms with E-state index >= 15 is 0 Å². The Balaban J connectivity index is 0.000000384. The fourth-order valence-electron chi connectivity index (χ4n) is 5.25. The second-order valence-electron chi connectivity index (χ2n) is 14.3. The van der Waals surface area contributed by atoms with Crippen molar-refractivity contribution in [3.8, 4) is 34.8 Å². The molecule has 0 aliphatic carbocycles.